The fourth-order valence-corrected chi connectivity index (χ4v) is 4.23. The quantitative estimate of drug-likeness (QED) is 0.871. The first-order valence-electron chi connectivity index (χ1n) is 9.73. The molecular formula is C19H32N4O. The number of nitrogens with one attached hydrogen (secondary N) is 1. The van der Waals surface area contributed by atoms with Crippen LogP contribution in [0.3, 0.4) is 0 Å². The fraction of sp³-hybridized carbons (Fsp3) is 0.789. The third-order valence-electron chi connectivity index (χ3n) is 5.69. The van der Waals surface area contributed by atoms with Crippen molar-refractivity contribution >= 4 is 5.91 Å². The first kappa shape index (κ1) is 17.5. The van der Waals surface area contributed by atoms with Gasteiger partial charge in [0.1, 0.15) is 5.82 Å². The summed E-state index contributed by atoms with van der Waals surface area (Å²) in [5.41, 5.74) is 0. The summed E-state index contributed by atoms with van der Waals surface area (Å²) in [5, 5.41) is 3.27. The van der Waals surface area contributed by atoms with Gasteiger partial charge in [-0.05, 0) is 45.6 Å². The van der Waals surface area contributed by atoms with E-state index in [1.165, 1.54) is 38.5 Å². The molecule has 1 N–H and O–H groups in total. The molecule has 24 heavy (non-hydrogen) atoms. The number of likely N-dealkylation sites (tertiary alicyclic amines) is 1. The Kier molecular flexibility index (Phi) is 6.30. The first-order valence-corrected chi connectivity index (χ1v) is 9.73. The molecule has 0 aromatic carbocycles. The van der Waals surface area contributed by atoms with Gasteiger partial charge in [0.2, 0.25) is 5.91 Å². The van der Waals surface area contributed by atoms with Gasteiger partial charge in [0.25, 0.3) is 0 Å². The topological polar surface area (TPSA) is 50.2 Å². The summed E-state index contributed by atoms with van der Waals surface area (Å²) in [6.07, 6.45) is 14.9. The van der Waals surface area contributed by atoms with E-state index in [0.717, 1.165) is 38.2 Å². The van der Waals surface area contributed by atoms with Gasteiger partial charge in [-0.25, -0.2) is 4.98 Å². The lowest BCUT2D eigenvalue weighted by Crippen LogP contribution is -2.48. The van der Waals surface area contributed by atoms with Crippen molar-refractivity contribution < 1.29 is 4.79 Å². The van der Waals surface area contributed by atoms with Gasteiger partial charge in [0.05, 0.1) is 6.54 Å². The minimum atomic E-state index is 0.229. The van der Waals surface area contributed by atoms with E-state index in [1.54, 1.807) is 0 Å². The molecule has 1 aromatic rings. The minimum Gasteiger partial charge on any atom is -0.352 e. The molecule has 0 bridgehead atoms. The van der Waals surface area contributed by atoms with Crippen molar-refractivity contribution in [1.82, 2.24) is 19.8 Å². The highest BCUT2D eigenvalue weighted by Gasteiger charge is 2.25. The maximum Gasteiger partial charge on any atom is 0.234 e. The number of amides is 1. The average molecular weight is 332 g/mol. The summed E-state index contributed by atoms with van der Waals surface area (Å²) in [7, 11) is 0. The van der Waals surface area contributed by atoms with Crippen LogP contribution in [0.25, 0.3) is 0 Å². The molecule has 5 heteroatoms. The Bertz CT molecular complexity index is 521. The number of aromatic nitrogens is 2. The molecule has 2 aliphatic rings. The Labute approximate surface area is 145 Å². The second-order valence-corrected chi connectivity index (χ2v) is 7.48. The van der Waals surface area contributed by atoms with Crippen molar-refractivity contribution in [2.45, 2.75) is 83.3 Å². The summed E-state index contributed by atoms with van der Waals surface area (Å²) in [5.74, 6) is 1.31. The smallest absolute Gasteiger partial charge is 0.234 e. The molecule has 3 rings (SSSR count). The van der Waals surface area contributed by atoms with E-state index >= 15 is 0 Å². The van der Waals surface area contributed by atoms with Crippen LogP contribution in [-0.2, 0) is 11.3 Å². The molecule has 1 saturated heterocycles. The molecule has 0 spiro atoms. The Hall–Kier alpha value is -1.36. The van der Waals surface area contributed by atoms with Crippen molar-refractivity contribution in [3.8, 4) is 0 Å². The second kappa shape index (κ2) is 8.65. The SMILES string of the molecule is Cc1nccn1CC[C@H]1CCCCN1CC(=O)NC1CCCCC1. The van der Waals surface area contributed by atoms with E-state index in [-0.39, 0.29) is 5.91 Å². The normalized spacial score (nSPS) is 23.3. The molecule has 1 saturated carbocycles. The molecule has 5 nitrogen and oxygen atoms in total. The van der Waals surface area contributed by atoms with Crippen molar-refractivity contribution in [3.63, 3.8) is 0 Å². The van der Waals surface area contributed by atoms with Crippen LogP contribution in [0.2, 0.25) is 0 Å². The van der Waals surface area contributed by atoms with Crippen molar-refractivity contribution in [2.75, 3.05) is 13.1 Å². The standard InChI is InChI=1S/C19H32N4O/c1-16-20-11-14-22(16)13-10-18-9-5-6-12-23(18)15-19(24)21-17-7-3-2-4-8-17/h11,14,17-18H,2-10,12-13,15H2,1H3,(H,21,24)/t18-/m1/s1. The predicted molar refractivity (Wildman–Crippen MR) is 95.8 cm³/mol. The van der Waals surface area contributed by atoms with Crippen LogP contribution in [0, 0.1) is 6.92 Å². The lowest BCUT2D eigenvalue weighted by Gasteiger charge is -2.36. The summed E-state index contributed by atoms with van der Waals surface area (Å²) < 4.78 is 2.22. The minimum absolute atomic E-state index is 0.229. The number of nitrogens with zero attached hydrogens (tertiary/aromatic N) is 3. The van der Waals surface area contributed by atoms with E-state index in [2.05, 4.69) is 32.9 Å². The van der Waals surface area contributed by atoms with Gasteiger partial charge in [0, 0.05) is 31.0 Å². The van der Waals surface area contributed by atoms with Crippen molar-refractivity contribution in [3.05, 3.63) is 18.2 Å². The van der Waals surface area contributed by atoms with Crippen LogP contribution >= 0.6 is 0 Å². The third kappa shape index (κ3) is 4.82. The van der Waals surface area contributed by atoms with Crippen molar-refractivity contribution in [2.24, 2.45) is 0 Å². The van der Waals surface area contributed by atoms with Crippen LogP contribution < -0.4 is 5.32 Å². The van der Waals surface area contributed by atoms with Crippen LogP contribution in [0.4, 0.5) is 0 Å². The van der Waals surface area contributed by atoms with E-state index < -0.39 is 0 Å². The monoisotopic (exact) mass is 332 g/mol. The maximum absolute atomic E-state index is 12.4. The number of rotatable bonds is 6. The van der Waals surface area contributed by atoms with Gasteiger partial charge >= 0.3 is 0 Å². The number of hydrogen-bond acceptors (Lipinski definition) is 3. The Balaban J connectivity index is 1.48. The van der Waals surface area contributed by atoms with Crippen LogP contribution in [-0.4, -0.2) is 45.5 Å². The zero-order valence-corrected chi connectivity index (χ0v) is 15.0. The lowest BCUT2D eigenvalue weighted by molar-refractivity contribution is -0.124. The maximum atomic E-state index is 12.4. The first-order chi connectivity index (χ1) is 11.7. The molecule has 1 aliphatic heterocycles. The number of hydrogen-bond donors (Lipinski definition) is 1. The molecule has 134 valence electrons. The van der Waals surface area contributed by atoms with E-state index in [9.17, 15) is 4.79 Å². The number of carbonyl (C=O) groups is 1. The predicted octanol–water partition coefficient (Wildman–Crippen LogP) is 2.89. The zero-order valence-electron chi connectivity index (χ0n) is 15.0. The molecular weight excluding hydrogens is 300 g/mol. The highest BCUT2D eigenvalue weighted by molar-refractivity contribution is 5.78. The van der Waals surface area contributed by atoms with Crippen LogP contribution in [0.15, 0.2) is 12.4 Å². The Morgan fingerprint density at radius 2 is 2.00 bits per heavy atom. The van der Waals surface area contributed by atoms with Gasteiger partial charge in [-0.3, -0.25) is 9.69 Å². The third-order valence-corrected chi connectivity index (χ3v) is 5.69. The largest absolute Gasteiger partial charge is 0.352 e. The number of imidazole rings is 1. The number of aryl methyl sites for hydroxylation is 2. The molecule has 1 amide bonds. The van der Waals surface area contributed by atoms with E-state index in [1.807, 2.05) is 6.20 Å². The van der Waals surface area contributed by atoms with E-state index in [4.69, 9.17) is 0 Å². The van der Waals surface area contributed by atoms with Crippen molar-refractivity contribution in [1.29, 1.82) is 0 Å². The van der Waals surface area contributed by atoms with Gasteiger partial charge < -0.3 is 9.88 Å². The highest BCUT2D eigenvalue weighted by atomic mass is 16.2. The van der Waals surface area contributed by atoms with E-state index in [0.29, 0.717) is 18.6 Å². The molecule has 1 aromatic heterocycles. The summed E-state index contributed by atoms with van der Waals surface area (Å²) in [4.78, 5) is 19.2. The fourth-order valence-electron chi connectivity index (χ4n) is 4.23. The molecule has 2 fully saturated rings. The lowest BCUT2D eigenvalue weighted by atomic mass is 9.95. The summed E-state index contributed by atoms with van der Waals surface area (Å²) in [6, 6.07) is 0.945. The van der Waals surface area contributed by atoms with Crippen LogP contribution in [0.1, 0.15) is 63.6 Å². The second-order valence-electron chi connectivity index (χ2n) is 7.48. The number of carbonyl (C=O) groups excluding carboxylic acids is 1. The molecule has 1 aliphatic carbocycles. The molecule has 1 atom stereocenters. The summed E-state index contributed by atoms with van der Waals surface area (Å²) >= 11 is 0. The van der Waals surface area contributed by atoms with Gasteiger partial charge in [-0.1, -0.05) is 25.7 Å². The molecule has 0 radical (unpaired) electrons. The average Bonchev–Trinajstić information content (AvgIpc) is 3.00. The zero-order chi connectivity index (χ0) is 16.8. The molecule has 0 unspecified atom stereocenters. The Morgan fingerprint density at radius 1 is 1.21 bits per heavy atom. The van der Waals surface area contributed by atoms with Crippen LogP contribution in [0.5, 0.6) is 0 Å². The van der Waals surface area contributed by atoms with Gasteiger partial charge in [-0.15, -0.1) is 0 Å². The molecule has 2 heterocycles. The highest BCUT2D eigenvalue weighted by Crippen LogP contribution is 2.21. The van der Waals surface area contributed by atoms with Gasteiger partial charge in [-0.2, -0.15) is 0 Å². The summed E-state index contributed by atoms with van der Waals surface area (Å²) in [6.45, 7) is 4.68. The number of piperidine rings is 1. The Morgan fingerprint density at radius 3 is 2.75 bits per heavy atom. The van der Waals surface area contributed by atoms with Gasteiger partial charge in [0.15, 0.2) is 0 Å².